The Bertz CT molecular complexity index is 1230. The molecular formula is C27H31N3O2S2. The Balaban J connectivity index is 1.75. The van der Waals surface area contributed by atoms with Gasteiger partial charge in [0.2, 0.25) is 5.91 Å². The van der Waals surface area contributed by atoms with Crippen LogP contribution in [0.25, 0.3) is 10.4 Å². The van der Waals surface area contributed by atoms with E-state index >= 15 is 0 Å². The SMILES string of the molecule is CC(=O)Nc1nc(C)c(-c2cc3c(c(SCc4ccccc4)c2)C(=O)N([C@@H](C)C(C)(C)C)C3)s1. The Labute approximate surface area is 210 Å². The second kappa shape index (κ2) is 9.55. The molecule has 3 aromatic rings. The minimum Gasteiger partial charge on any atom is -0.331 e. The van der Waals surface area contributed by atoms with E-state index in [9.17, 15) is 9.59 Å². The standard InChI is InChI=1S/C27H31N3O2S2/c1-16-24(34-26(28-16)29-18(3)31)20-12-21-14-30(17(2)27(4,5)6)25(32)23(21)22(13-20)33-15-19-10-8-7-9-11-19/h7-13,17H,14-15H2,1-6H3,(H,28,29,31)/t17-/m0/s1. The predicted octanol–water partition coefficient (Wildman–Crippen LogP) is 6.76. The van der Waals surface area contributed by atoms with Crippen molar-refractivity contribution in [3.8, 4) is 10.4 Å². The number of hydrogen-bond donors (Lipinski definition) is 1. The van der Waals surface area contributed by atoms with Crippen LogP contribution in [0.4, 0.5) is 5.13 Å². The first-order valence-corrected chi connectivity index (χ1v) is 13.2. The minimum absolute atomic E-state index is 0.0145. The smallest absolute Gasteiger partial charge is 0.255 e. The van der Waals surface area contributed by atoms with Crippen LogP contribution in [0, 0.1) is 12.3 Å². The van der Waals surface area contributed by atoms with Crippen molar-refractivity contribution in [3.05, 3.63) is 64.8 Å². The van der Waals surface area contributed by atoms with E-state index in [2.05, 4.69) is 62.3 Å². The van der Waals surface area contributed by atoms with Gasteiger partial charge in [0, 0.05) is 30.2 Å². The summed E-state index contributed by atoms with van der Waals surface area (Å²) < 4.78 is 0. The van der Waals surface area contributed by atoms with E-state index in [-0.39, 0.29) is 23.3 Å². The summed E-state index contributed by atoms with van der Waals surface area (Å²) in [6.07, 6.45) is 0. The summed E-state index contributed by atoms with van der Waals surface area (Å²) in [4.78, 5) is 33.7. The molecule has 4 rings (SSSR count). The Kier molecular flexibility index (Phi) is 6.87. The topological polar surface area (TPSA) is 62.3 Å². The fourth-order valence-corrected chi connectivity index (χ4v) is 6.16. The number of carbonyl (C=O) groups excluding carboxylic acids is 2. The third kappa shape index (κ3) is 5.05. The van der Waals surface area contributed by atoms with Gasteiger partial charge in [0.25, 0.3) is 5.91 Å². The molecule has 7 heteroatoms. The number of thioether (sulfide) groups is 1. The van der Waals surface area contributed by atoms with Crippen LogP contribution in [0.5, 0.6) is 0 Å². The zero-order valence-electron chi connectivity index (χ0n) is 20.6. The van der Waals surface area contributed by atoms with Gasteiger partial charge in [-0.25, -0.2) is 4.98 Å². The summed E-state index contributed by atoms with van der Waals surface area (Å²) in [7, 11) is 0. The maximum atomic E-state index is 13.6. The predicted molar refractivity (Wildman–Crippen MR) is 141 cm³/mol. The number of nitrogens with one attached hydrogen (secondary N) is 1. The van der Waals surface area contributed by atoms with Crippen molar-refractivity contribution in [1.82, 2.24) is 9.88 Å². The maximum absolute atomic E-state index is 13.6. The van der Waals surface area contributed by atoms with Crippen LogP contribution in [0.2, 0.25) is 0 Å². The van der Waals surface area contributed by atoms with Gasteiger partial charge in [0.15, 0.2) is 5.13 Å². The number of aromatic nitrogens is 1. The van der Waals surface area contributed by atoms with Crippen molar-refractivity contribution < 1.29 is 9.59 Å². The first kappa shape index (κ1) is 24.5. The zero-order valence-corrected chi connectivity index (χ0v) is 22.2. The molecule has 0 fully saturated rings. The van der Waals surface area contributed by atoms with Crippen LogP contribution in [-0.2, 0) is 17.1 Å². The maximum Gasteiger partial charge on any atom is 0.255 e. The Morgan fingerprint density at radius 3 is 2.59 bits per heavy atom. The number of anilines is 1. The molecule has 0 bridgehead atoms. The highest BCUT2D eigenvalue weighted by Crippen LogP contribution is 2.42. The van der Waals surface area contributed by atoms with Crippen molar-refractivity contribution in [2.45, 2.75) is 64.8 Å². The third-order valence-corrected chi connectivity index (χ3v) is 8.53. The Hall–Kier alpha value is -2.64. The molecule has 2 amide bonds. The van der Waals surface area contributed by atoms with Gasteiger partial charge in [0.05, 0.1) is 16.1 Å². The molecule has 178 valence electrons. The number of thiazole rings is 1. The average molecular weight is 494 g/mol. The summed E-state index contributed by atoms with van der Waals surface area (Å²) in [6.45, 7) is 12.7. The molecule has 0 unspecified atom stereocenters. The van der Waals surface area contributed by atoms with Gasteiger partial charge in [-0.05, 0) is 48.1 Å². The molecule has 0 saturated carbocycles. The zero-order chi connectivity index (χ0) is 24.6. The normalized spacial score (nSPS) is 14.3. The molecular weight excluding hydrogens is 462 g/mol. The highest BCUT2D eigenvalue weighted by atomic mass is 32.2. The second-order valence-electron chi connectivity index (χ2n) is 9.87. The molecule has 1 atom stereocenters. The van der Waals surface area contributed by atoms with Gasteiger partial charge in [-0.15, -0.1) is 11.8 Å². The first-order valence-electron chi connectivity index (χ1n) is 11.4. The van der Waals surface area contributed by atoms with E-state index in [1.54, 1.807) is 11.8 Å². The van der Waals surface area contributed by atoms with E-state index in [1.807, 2.05) is 30.0 Å². The highest BCUT2D eigenvalue weighted by molar-refractivity contribution is 7.98. The quantitative estimate of drug-likeness (QED) is 0.385. The lowest BCUT2D eigenvalue weighted by Gasteiger charge is -2.35. The van der Waals surface area contributed by atoms with Crippen molar-refractivity contribution in [1.29, 1.82) is 0 Å². The first-order chi connectivity index (χ1) is 16.0. The molecule has 34 heavy (non-hydrogen) atoms. The molecule has 2 aromatic carbocycles. The van der Waals surface area contributed by atoms with Gasteiger partial charge in [-0.2, -0.15) is 0 Å². The number of amides is 2. The molecule has 5 nitrogen and oxygen atoms in total. The van der Waals surface area contributed by atoms with E-state index in [0.717, 1.165) is 37.9 Å². The molecule has 1 aromatic heterocycles. The molecule has 0 radical (unpaired) electrons. The van der Waals surface area contributed by atoms with Gasteiger partial charge >= 0.3 is 0 Å². The van der Waals surface area contributed by atoms with Crippen LogP contribution < -0.4 is 5.32 Å². The van der Waals surface area contributed by atoms with E-state index in [0.29, 0.717) is 11.7 Å². The number of nitrogens with zero attached hydrogens (tertiary/aromatic N) is 2. The molecule has 0 aliphatic carbocycles. The molecule has 0 saturated heterocycles. The molecule has 0 spiro atoms. The van der Waals surface area contributed by atoms with Gasteiger partial charge in [-0.1, -0.05) is 62.4 Å². The van der Waals surface area contributed by atoms with Crippen LogP contribution in [0.15, 0.2) is 47.4 Å². The Morgan fingerprint density at radius 1 is 1.24 bits per heavy atom. The van der Waals surface area contributed by atoms with Crippen LogP contribution in [0.3, 0.4) is 0 Å². The minimum atomic E-state index is -0.134. The number of benzene rings is 2. The number of fused-ring (bicyclic) bond motifs is 1. The fourth-order valence-electron chi connectivity index (χ4n) is 4.07. The second-order valence-corrected chi connectivity index (χ2v) is 11.9. The molecule has 1 aliphatic heterocycles. The lowest BCUT2D eigenvalue weighted by molar-refractivity contribution is -0.114. The summed E-state index contributed by atoms with van der Waals surface area (Å²) in [6, 6.07) is 14.7. The number of aryl methyl sites for hydroxylation is 1. The molecule has 1 N–H and O–H groups in total. The van der Waals surface area contributed by atoms with E-state index < -0.39 is 0 Å². The fraction of sp³-hybridized carbons (Fsp3) is 0.370. The summed E-state index contributed by atoms with van der Waals surface area (Å²) >= 11 is 3.17. The summed E-state index contributed by atoms with van der Waals surface area (Å²) in [5.74, 6) is 0.766. The van der Waals surface area contributed by atoms with E-state index in [4.69, 9.17) is 0 Å². The summed E-state index contributed by atoms with van der Waals surface area (Å²) in [5.41, 5.74) is 5.00. The van der Waals surface area contributed by atoms with Gasteiger partial charge in [0.1, 0.15) is 0 Å². The van der Waals surface area contributed by atoms with Gasteiger partial charge in [-0.3, -0.25) is 9.59 Å². The number of rotatable bonds is 6. The lowest BCUT2D eigenvalue weighted by atomic mass is 9.87. The van der Waals surface area contributed by atoms with Crippen LogP contribution in [0.1, 0.15) is 61.8 Å². The third-order valence-electron chi connectivity index (χ3n) is 6.30. The average Bonchev–Trinajstić information content (AvgIpc) is 3.30. The number of carbonyl (C=O) groups is 2. The Morgan fingerprint density at radius 2 is 1.94 bits per heavy atom. The van der Waals surface area contributed by atoms with Crippen molar-refractivity contribution in [3.63, 3.8) is 0 Å². The van der Waals surface area contributed by atoms with Crippen molar-refractivity contribution >= 4 is 40.0 Å². The van der Waals surface area contributed by atoms with Crippen molar-refractivity contribution in [2.24, 2.45) is 5.41 Å². The number of hydrogen-bond acceptors (Lipinski definition) is 5. The highest BCUT2D eigenvalue weighted by Gasteiger charge is 2.37. The van der Waals surface area contributed by atoms with E-state index in [1.165, 1.54) is 23.8 Å². The van der Waals surface area contributed by atoms with Crippen LogP contribution >= 0.6 is 23.1 Å². The van der Waals surface area contributed by atoms with Crippen LogP contribution in [-0.4, -0.2) is 27.7 Å². The summed E-state index contributed by atoms with van der Waals surface area (Å²) in [5, 5.41) is 3.39. The lowest BCUT2D eigenvalue weighted by Crippen LogP contribution is -2.42. The monoisotopic (exact) mass is 493 g/mol. The van der Waals surface area contributed by atoms with Crippen molar-refractivity contribution in [2.75, 3.05) is 5.32 Å². The molecule has 2 heterocycles. The molecule has 1 aliphatic rings. The largest absolute Gasteiger partial charge is 0.331 e. The van der Waals surface area contributed by atoms with Gasteiger partial charge < -0.3 is 10.2 Å².